The second-order valence-electron chi connectivity index (χ2n) is 4.08. The Balaban J connectivity index is 2.92. The third kappa shape index (κ3) is 2.67. The largest absolute Gasteiger partial charge is 0.507 e. The lowest BCUT2D eigenvalue weighted by molar-refractivity contribution is 0.107. The topological polar surface area (TPSA) is 50.9 Å². The van der Waals surface area contributed by atoms with Gasteiger partial charge in [0, 0.05) is 11.1 Å². The van der Waals surface area contributed by atoms with Crippen LogP contribution < -0.4 is 4.74 Å². The Morgan fingerprint density at radius 2 is 2.10 bits per heavy atom. The number of hydrogen-bond acceptors (Lipinski definition) is 3. The molecule has 21 heavy (non-hydrogen) atoms. The van der Waals surface area contributed by atoms with Gasteiger partial charge < -0.3 is 9.84 Å². The van der Waals surface area contributed by atoms with Crippen LogP contribution in [0.5, 0.6) is 11.5 Å². The molecular formula is C15H9ClFNO3. The Bertz CT molecular complexity index is 768. The molecule has 0 aromatic heterocycles. The van der Waals surface area contributed by atoms with Gasteiger partial charge in [0.05, 0.1) is 19.2 Å². The van der Waals surface area contributed by atoms with Crippen molar-refractivity contribution in [2.75, 3.05) is 7.11 Å². The molecule has 1 N–H and O–H groups in total. The lowest BCUT2D eigenvalue weighted by atomic mass is 9.96. The van der Waals surface area contributed by atoms with Crippen molar-refractivity contribution in [1.82, 2.24) is 0 Å². The van der Waals surface area contributed by atoms with Crippen LogP contribution in [0.3, 0.4) is 0 Å². The molecule has 4 nitrogen and oxygen atoms in total. The van der Waals surface area contributed by atoms with Crippen LogP contribution in [0, 0.1) is 12.4 Å². The molecule has 0 aliphatic rings. The second-order valence-corrected chi connectivity index (χ2v) is 4.43. The third-order valence-corrected chi connectivity index (χ3v) is 3.10. The molecule has 2 aromatic rings. The average Bonchev–Trinajstić information content (AvgIpc) is 2.46. The quantitative estimate of drug-likeness (QED) is 0.685. The van der Waals surface area contributed by atoms with E-state index in [0.717, 1.165) is 6.07 Å². The summed E-state index contributed by atoms with van der Waals surface area (Å²) in [5.74, 6) is -0.701. The van der Waals surface area contributed by atoms with Gasteiger partial charge in [0.15, 0.2) is 5.69 Å². The molecule has 106 valence electrons. The Hall–Kier alpha value is -2.58. The number of rotatable bonds is 3. The van der Waals surface area contributed by atoms with Crippen LogP contribution in [-0.2, 0) is 0 Å². The van der Waals surface area contributed by atoms with Gasteiger partial charge in [0.2, 0.25) is 0 Å². The van der Waals surface area contributed by atoms with E-state index in [0.29, 0.717) is 0 Å². The fraction of sp³-hybridized carbons (Fsp3) is 0.0667. The lowest BCUT2D eigenvalue weighted by Gasteiger charge is -2.14. The molecule has 2 rings (SSSR count). The van der Waals surface area contributed by atoms with Crippen LogP contribution in [0.2, 0.25) is 0 Å². The van der Waals surface area contributed by atoms with E-state index < -0.39 is 11.1 Å². The molecule has 0 unspecified atom stereocenters. The number of phenolic OH excluding ortho intramolecular Hbond substituents is 1. The second kappa shape index (κ2) is 5.81. The SMILES string of the molecule is [C-]#[N+]c1ccc(O)c(C(=O)Cl)c1-c1cc(F)ccc1OC. The number of carbonyl (C=O) groups is 1. The number of benzene rings is 2. The molecule has 0 spiro atoms. The molecule has 0 heterocycles. The molecule has 0 saturated heterocycles. The predicted molar refractivity (Wildman–Crippen MR) is 76.5 cm³/mol. The summed E-state index contributed by atoms with van der Waals surface area (Å²) in [5, 5.41) is 8.89. The van der Waals surface area contributed by atoms with Gasteiger partial charge in [-0.05, 0) is 35.9 Å². The van der Waals surface area contributed by atoms with Crippen LogP contribution in [0.15, 0.2) is 30.3 Å². The maximum Gasteiger partial charge on any atom is 0.255 e. The fourth-order valence-electron chi connectivity index (χ4n) is 2.02. The first-order chi connectivity index (χ1) is 9.99. The Kier molecular flexibility index (Phi) is 4.10. The van der Waals surface area contributed by atoms with Gasteiger partial charge in [-0.3, -0.25) is 4.79 Å². The molecule has 0 amide bonds. The molecule has 2 aromatic carbocycles. The van der Waals surface area contributed by atoms with Crippen molar-refractivity contribution in [2.45, 2.75) is 0 Å². The number of aromatic hydroxyl groups is 1. The van der Waals surface area contributed by atoms with E-state index >= 15 is 0 Å². The minimum atomic E-state index is -0.945. The molecule has 0 fully saturated rings. The smallest absolute Gasteiger partial charge is 0.255 e. The maximum absolute atomic E-state index is 13.5. The number of hydrogen-bond donors (Lipinski definition) is 1. The molecule has 0 bridgehead atoms. The van der Waals surface area contributed by atoms with Gasteiger partial charge in [-0.25, -0.2) is 9.24 Å². The van der Waals surface area contributed by atoms with Crippen molar-refractivity contribution < 1.29 is 19.0 Å². The Morgan fingerprint density at radius 1 is 1.38 bits per heavy atom. The number of nitrogens with zero attached hydrogens (tertiary/aromatic N) is 1. The first-order valence-electron chi connectivity index (χ1n) is 5.76. The van der Waals surface area contributed by atoms with Crippen LogP contribution in [0.25, 0.3) is 16.0 Å². The van der Waals surface area contributed by atoms with E-state index in [2.05, 4.69) is 4.85 Å². The minimum Gasteiger partial charge on any atom is -0.507 e. The van der Waals surface area contributed by atoms with E-state index in [-0.39, 0.29) is 33.9 Å². The maximum atomic E-state index is 13.5. The van der Waals surface area contributed by atoms with Gasteiger partial charge in [0.25, 0.3) is 5.24 Å². The van der Waals surface area contributed by atoms with Gasteiger partial charge in [-0.15, -0.1) is 0 Å². The highest BCUT2D eigenvalue weighted by Crippen LogP contribution is 2.43. The first kappa shape index (κ1) is 14.8. The van der Waals surface area contributed by atoms with Crippen molar-refractivity contribution in [2.24, 2.45) is 0 Å². The summed E-state index contributed by atoms with van der Waals surface area (Å²) in [6.45, 7) is 7.18. The molecular weight excluding hydrogens is 297 g/mol. The van der Waals surface area contributed by atoms with E-state index in [9.17, 15) is 14.3 Å². The number of methoxy groups -OCH3 is 1. The number of carbonyl (C=O) groups excluding carboxylic acids is 1. The zero-order chi connectivity index (χ0) is 15.6. The summed E-state index contributed by atoms with van der Waals surface area (Å²) in [4.78, 5) is 14.9. The Labute approximate surface area is 125 Å². The van der Waals surface area contributed by atoms with Crippen LogP contribution in [-0.4, -0.2) is 17.5 Å². The highest BCUT2D eigenvalue weighted by Gasteiger charge is 2.22. The summed E-state index contributed by atoms with van der Waals surface area (Å²) in [5.41, 5.74) is 0.0134. The van der Waals surface area contributed by atoms with Gasteiger partial charge in [-0.2, -0.15) is 0 Å². The van der Waals surface area contributed by atoms with Crippen molar-refractivity contribution in [3.8, 4) is 22.6 Å². The zero-order valence-corrected chi connectivity index (χ0v) is 11.6. The predicted octanol–water partition coefficient (Wildman–Crippen LogP) is 4.14. The minimum absolute atomic E-state index is 0.0429. The number of halogens is 2. The standard InChI is InChI=1S/C15H9ClFNO3/c1-18-10-4-5-11(19)14(15(16)20)13(10)9-7-8(17)3-6-12(9)21-2/h3-7,19H,2H3. The molecule has 6 heteroatoms. The van der Waals surface area contributed by atoms with Crippen LogP contribution in [0.1, 0.15) is 10.4 Å². The van der Waals surface area contributed by atoms with Crippen molar-refractivity contribution in [1.29, 1.82) is 0 Å². The monoisotopic (exact) mass is 305 g/mol. The molecule has 0 aliphatic carbocycles. The lowest BCUT2D eigenvalue weighted by Crippen LogP contribution is -1.97. The zero-order valence-electron chi connectivity index (χ0n) is 10.9. The molecule has 0 radical (unpaired) electrons. The molecule has 0 atom stereocenters. The van der Waals surface area contributed by atoms with Crippen molar-refractivity contribution in [3.05, 3.63) is 53.1 Å². The third-order valence-electron chi connectivity index (χ3n) is 2.91. The van der Waals surface area contributed by atoms with Crippen LogP contribution >= 0.6 is 11.6 Å². The fourth-order valence-corrected chi connectivity index (χ4v) is 2.21. The van der Waals surface area contributed by atoms with Crippen molar-refractivity contribution >= 4 is 22.5 Å². The Morgan fingerprint density at radius 3 is 2.67 bits per heavy atom. The summed E-state index contributed by atoms with van der Waals surface area (Å²) in [7, 11) is 1.37. The normalized spacial score (nSPS) is 10.0. The average molecular weight is 306 g/mol. The van der Waals surface area contributed by atoms with Crippen molar-refractivity contribution in [3.63, 3.8) is 0 Å². The van der Waals surface area contributed by atoms with Crippen LogP contribution in [0.4, 0.5) is 10.1 Å². The van der Waals surface area contributed by atoms with E-state index in [1.54, 1.807) is 0 Å². The molecule has 0 saturated carbocycles. The summed E-state index contributed by atoms with van der Waals surface area (Å²) in [6.07, 6.45) is 0. The van der Waals surface area contributed by atoms with E-state index in [4.69, 9.17) is 22.9 Å². The van der Waals surface area contributed by atoms with E-state index in [1.807, 2.05) is 0 Å². The number of phenols is 1. The summed E-state index contributed by atoms with van der Waals surface area (Å²) < 4.78 is 18.6. The highest BCUT2D eigenvalue weighted by molar-refractivity contribution is 6.68. The van der Waals surface area contributed by atoms with E-state index in [1.165, 1.54) is 31.4 Å². The van der Waals surface area contributed by atoms with Gasteiger partial charge >= 0.3 is 0 Å². The molecule has 0 aliphatic heterocycles. The highest BCUT2D eigenvalue weighted by atomic mass is 35.5. The summed E-state index contributed by atoms with van der Waals surface area (Å²) >= 11 is 5.49. The van der Waals surface area contributed by atoms with Gasteiger partial charge in [-0.1, -0.05) is 6.07 Å². The summed E-state index contributed by atoms with van der Waals surface area (Å²) in [6, 6.07) is 6.19. The number of ether oxygens (including phenoxy) is 1. The first-order valence-corrected chi connectivity index (χ1v) is 6.14. The van der Waals surface area contributed by atoms with Gasteiger partial charge in [0.1, 0.15) is 17.3 Å².